The monoisotopic (exact) mass is 343 g/mol. The number of hydrogen-bond acceptors (Lipinski definition) is 3. The van der Waals surface area contributed by atoms with Gasteiger partial charge in [0.05, 0.1) is 0 Å². The molecule has 0 atom stereocenters. The van der Waals surface area contributed by atoms with Crippen molar-refractivity contribution in [3.63, 3.8) is 0 Å². The molecule has 0 aliphatic heterocycles. The van der Waals surface area contributed by atoms with E-state index in [2.05, 4.69) is 4.98 Å². The molecule has 0 spiro atoms. The van der Waals surface area contributed by atoms with E-state index in [1.165, 1.54) is 12.3 Å². The zero-order valence-corrected chi connectivity index (χ0v) is 13.4. The molecule has 0 saturated heterocycles. The molecule has 0 N–H and O–H groups in total. The number of halogens is 2. The summed E-state index contributed by atoms with van der Waals surface area (Å²) in [6, 6.07) is 13.9. The lowest BCUT2D eigenvalue weighted by molar-refractivity contribution is 0.104. The maximum atomic E-state index is 12.0. The highest BCUT2D eigenvalue weighted by Crippen LogP contribution is 2.21. The fraction of sp³-hybridized carbons (Fsp3) is 0. The molecule has 3 nitrogen and oxygen atoms in total. The molecular weight excluding hydrogens is 333 g/mol. The normalized spacial score (nSPS) is 11.0. The summed E-state index contributed by atoms with van der Waals surface area (Å²) < 4.78 is 5.41. The van der Waals surface area contributed by atoms with Gasteiger partial charge in [-0.25, -0.2) is 4.98 Å². The molecule has 0 bridgehead atoms. The Kier molecular flexibility index (Phi) is 4.60. The molecule has 1 aromatic heterocycles. The van der Waals surface area contributed by atoms with E-state index in [9.17, 15) is 4.79 Å². The van der Waals surface area contributed by atoms with Crippen molar-refractivity contribution < 1.29 is 9.21 Å². The Morgan fingerprint density at radius 1 is 0.957 bits per heavy atom. The van der Waals surface area contributed by atoms with Crippen LogP contribution in [0.1, 0.15) is 16.1 Å². The van der Waals surface area contributed by atoms with Gasteiger partial charge in [-0.1, -0.05) is 23.2 Å². The summed E-state index contributed by atoms with van der Waals surface area (Å²) in [5.41, 5.74) is 1.95. The zero-order chi connectivity index (χ0) is 16.2. The number of aromatic nitrogens is 1. The Balaban J connectivity index is 1.74. The first kappa shape index (κ1) is 15.5. The van der Waals surface area contributed by atoms with Gasteiger partial charge >= 0.3 is 0 Å². The minimum Gasteiger partial charge on any atom is -0.444 e. The predicted molar refractivity (Wildman–Crippen MR) is 91.8 cm³/mol. The van der Waals surface area contributed by atoms with Crippen LogP contribution in [0.25, 0.3) is 17.5 Å². The van der Waals surface area contributed by atoms with E-state index in [0.717, 1.165) is 5.56 Å². The summed E-state index contributed by atoms with van der Waals surface area (Å²) in [5, 5.41) is 1.24. The Bertz CT molecular complexity index is 849. The van der Waals surface area contributed by atoms with Crippen LogP contribution >= 0.6 is 23.2 Å². The molecule has 0 aliphatic carbocycles. The SMILES string of the molecule is O=C(/C=C/c1coc(-c2ccc(Cl)cc2)n1)c1ccc(Cl)cc1. The Hall–Kier alpha value is -2.36. The van der Waals surface area contributed by atoms with Crippen molar-refractivity contribution in [3.05, 3.63) is 82.2 Å². The molecule has 2 aromatic carbocycles. The number of oxazole rings is 1. The molecule has 0 radical (unpaired) electrons. The molecule has 5 heteroatoms. The van der Waals surface area contributed by atoms with Crippen LogP contribution in [-0.4, -0.2) is 10.8 Å². The second kappa shape index (κ2) is 6.82. The molecule has 3 aromatic rings. The van der Waals surface area contributed by atoms with Gasteiger partial charge in [-0.15, -0.1) is 0 Å². The fourth-order valence-electron chi connectivity index (χ4n) is 1.96. The number of nitrogens with zero attached hydrogens (tertiary/aromatic N) is 1. The van der Waals surface area contributed by atoms with Crippen LogP contribution in [-0.2, 0) is 0 Å². The Labute approximate surface area is 143 Å². The van der Waals surface area contributed by atoms with E-state index in [0.29, 0.717) is 27.2 Å². The van der Waals surface area contributed by atoms with Crippen molar-refractivity contribution in [2.75, 3.05) is 0 Å². The summed E-state index contributed by atoms with van der Waals surface area (Å²) >= 11 is 11.6. The van der Waals surface area contributed by atoms with Crippen LogP contribution in [0, 0.1) is 0 Å². The standard InChI is InChI=1S/C18H11Cl2NO2/c19-14-5-1-12(2-6-14)17(22)10-9-16-11-23-18(21-16)13-3-7-15(20)8-4-13/h1-11H/b10-9+. The van der Waals surface area contributed by atoms with Crippen LogP contribution in [0.5, 0.6) is 0 Å². The van der Waals surface area contributed by atoms with Crippen LogP contribution in [0.15, 0.2) is 65.3 Å². The molecule has 0 amide bonds. The van der Waals surface area contributed by atoms with E-state index >= 15 is 0 Å². The van der Waals surface area contributed by atoms with Gasteiger partial charge in [-0.3, -0.25) is 4.79 Å². The lowest BCUT2D eigenvalue weighted by Crippen LogP contribution is -1.93. The third kappa shape index (κ3) is 3.89. The van der Waals surface area contributed by atoms with Crippen LogP contribution in [0.4, 0.5) is 0 Å². The van der Waals surface area contributed by atoms with Crippen molar-refractivity contribution in [3.8, 4) is 11.5 Å². The minimum atomic E-state index is -0.127. The van der Waals surface area contributed by atoms with E-state index in [4.69, 9.17) is 27.6 Å². The van der Waals surface area contributed by atoms with Crippen molar-refractivity contribution in [1.82, 2.24) is 4.98 Å². The molecule has 0 saturated carbocycles. The van der Waals surface area contributed by atoms with Crippen LogP contribution < -0.4 is 0 Å². The summed E-state index contributed by atoms with van der Waals surface area (Å²) in [6.07, 6.45) is 4.56. The summed E-state index contributed by atoms with van der Waals surface area (Å²) in [7, 11) is 0. The van der Waals surface area contributed by atoms with Crippen molar-refractivity contribution in [2.24, 2.45) is 0 Å². The number of ketones is 1. The number of benzene rings is 2. The average Bonchev–Trinajstić information content (AvgIpc) is 3.03. The van der Waals surface area contributed by atoms with Gasteiger partial charge in [-0.2, -0.15) is 0 Å². The second-order valence-electron chi connectivity index (χ2n) is 4.79. The van der Waals surface area contributed by atoms with Crippen molar-refractivity contribution in [2.45, 2.75) is 0 Å². The Morgan fingerprint density at radius 3 is 2.22 bits per heavy atom. The lowest BCUT2D eigenvalue weighted by atomic mass is 10.1. The largest absolute Gasteiger partial charge is 0.444 e. The zero-order valence-electron chi connectivity index (χ0n) is 11.9. The first-order chi connectivity index (χ1) is 11.1. The van der Waals surface area contributed by atoms with Crippen LogP contribution in [0.3, 0.4) is 0 Å². The highest BCUT2D eigenvalue weighted by Gasteiger charge is 2.06. The summed E-state index contributed by atoms with van der Waals surface area (Å²) in [4.78, 5) is 16.4. The van der Waals surface area contributed by atoms with Gasteiger partial charge in [0.1, 0.15) is 12.0 Å². The molecule has 0 aliphatic rings. The topological polar surface area (TPSA) is 43.1 Å². The van der Waals surface area contributed by atoms with Crippen molar-refractivity contribution in [1.29, 1.82) is 0 Å². The van der Waals surface area contributed by atoms with Gasteiger partial charge in [0.2, 0.25) is 5.89 Å². The molecular formula is C18H11Cl2NO2. The number of carbonyl (C=O) groups is 1. The number of allylic oxidation sites excluding steroid dienone is 1. The summed E-state index contributed by atoms with van der Waals surface area (Å²) in [5.74, 6) is 0.345. The molecule has 0 unspecified atom stereocenters. The van der Waals surface area contributed by atoms with Gasteiger partial charge < -0.3 is 4.42 Å². The highest BCUT2D eigenvalue weighted by molar-refractivity contribution is 6.31. The average molecular weight is 344 g/mol. The second-order valence-corrected chi connectivity index (χ2v) is 5.66. The van der Waals surface area contributed by atoms with E-state index in [1.807, 2.05) is 12.1 Å². The first-order valence-corrected chi connectivity index (χ1v) is 7.57. The quantitative estimate of drug-likeness (QED) is 0.461. The van der Waals surface area contributed by atoms with E-state index in [-0.39, 0.29) is 5.78 Å². The van der Waals surface area contributed by atoms with E-state index in [1.54, 1.807) is 42.5 Å². The molecule has 3 rings (SSSR count). The molecule has 1 heterocycles. The van der Waals surface area contributed by atoms with Crippen LogP contribution in [0.2, 0.25) is 10.0 Å². The van der Waals surface area contributed by atoms with Crippen molar-refractivity contribution >= 4 is 35.1 Å². The fourth-order valence-corrected chi connectivity index (χ4v) is 2.21. The first-order valence-electron chi connectivity index (χ1n) is 6.81. The lowest BCUT2D eigenvalue weighted by Gasteiger charge is -1.95. The smallest absolute Gasteiger partial charge is 0.226 e. The third-order valence-electron chi connectivity index (χ3n) is 3.15. The number of hydrogen-bond donors (Lipinski definition) is 0. The van der Waals surface area contributed by atoms with Gasteiger partial charge in [0.15, 0.2) is 5.78 Å². The number of carbonyl (C=O) groups excluding carboxylic acids is 1. The third-order valence-corrected chi connectivity index (χ3v) is 3.65. The highest BCUT2D eigenvalue weighted by atomic mass is 35.5. The molecule has 23 heavy (non-hydrogen) atoms. The van der Waals surface area contributed by atoms with E-state index < -0.39 is 0 Å². The maximum absolute atomic E-state index is 12.0. The minimum absolute atomic E-state index is 0.127. The number of rotatable bonds is 4. The van der Waals surface area contributed by atoms with Gasteiger partial charge in [-0.05, 0) is 60.7 Å². The maximum Gasteiger partial charge on any atom is 0.226 e. The van der Waals surface area contributed by atoms with Gasteiger partial charge in [0, 0.05) is 21.2 Å². The molecule has 114 valence electrons. The predicted octanol–water partition coefficient (Wildman–Crippen LogP) is 5.54. The van der Waals surface area contributed by atoms with Gasteiger partial charge in [0.25, 0.3) is 0 Å². The summed E-state index contributed by atoms with van der Waals surface area (Å²) in [6.45, 7) is 0. The molecule has 0 fully saturated rings. The Morgan fingerprint density at radius 2 is 1.57 bits per heavy atom.